The van der Waals surface area contributed by atoms with Crippen LogP contribution < -0.4 is 4.90 Å². The minimum Gasteiger partial charge on any atom is -0.368 e. The molecular formula is C26H28N4O2S. The first kappa shape index (κ1) is 21.8. The van der Waals surface area contributed by atoms with Gasteiger partial charge >= 0.3 is 0 Å². The zero-order valence-corrected chi connectivity index (χ0v) is 19.8. The average molecular weight is 461 g/mol. The quantitative estimate of drug-likeness (QED) is 0.511. The van der Waals surface area contributed by atoms with E-state index < -0.39 is 0 Å². The third kappa shape index (κ3) is 4.07. The molecule has 1 unspecified atom stereocenters. The molecule has 1 saturated heterocycles. The monoisotopic (exact) mass is 460 g/mol. The standard InChI is InChI=1S/C26H28N4O2S/c1-3-19-7-9-20(10-8-19)17-28-12-14-29(15-13-28)22-6-4-5-21-23(22)26(32)30(25(21)31)18(2)24-27-11-16-33-24/h4-11,16,18H,3,12-15,17H2,1-2H3. The Labute approximate surface area is 198 Å². The summed E-state index contributed by atoms with van der Waals surface area (Å²) in [7, 11) is 0. The minimum atomic E-state index is -0.374. The topological polar surface area (TPSA) is 56.8 Å². The van der Waals surface area contributed by atoms with Crippen LogP contribution in [0.2, 0.25) is 0 Å². The summed E-state index contributed by atoms with van der Waals surface area (Å²) in [5.74, 6) is -0.444. The first-order chi connectivity index (χ1) is 16.1. The number of hydrogen-bond acceptors (Lipinski definition) is 6. The fourth-order valence-corrected chi connectivity index (χ4v) is 5.42. The fourth-order valence-electron chi connectivity index (χ4n) is 4.74. The Morgan fingerprint density at radius 2 is 1.70 bits per heavy atom. The molecule has 0 spiro atoms. The van der Waals surface area contributed by atoms with Crippen molar-refractivity contribution in [3.63, 3.8) is 0 Å². The summed E-state index contributed by atoms with van der Waals surface area (Å²) in [4.78, 5) is 36.9. The Morgan fingerprint density at radius 1 is 0.970 bits per heavy atom. The highest BCUT2D eigenvalue weighted by molar-refractivity contribution is 7.09. The maximum atomic E-state index is 13.4. The van der Waals surface area contributed by atoms with Crippen molar-refractivity contribution >= 4 is 28.8 Å². The van der Waals surface area contributed by atoms with Crippen LogP contribution in [-0.2, 0) is 13.0 Å². The first-order valence-corrected chi connectivity index (χ1v) is 12.4. The zero-order valence-electron chi connectivity index (χ0n) is 19.0. The largest absolute Gasteiger partial charge is 0.368 e. The van der Waals surface area contributed by atoms with E-state index in [0.29, 0.717) is 11.1 Å². The van der Waals surface area contributed by atoms with Crippen molar-refractivity contribution in [3.8, 4) is 0 Å². The van der Waals surface area contributed by atoms with Crippen molar-refractivity contribution in [1.29, 1.82) is 0 Å². The van der Waals surface area contributed by atoms with Crippen LogP contribution in [0.1, 0.15) is 56.7 Å². The van der Waals surface area contributed by atoms with Crippen molar-refractivity contribution in [2.75, 3.05) is 31.1 Å². The van der Waals surface area contributed by atoms with Gasteiger partial charge in [-0.3, -0.25) is 19.4 Å². The Morgan fingerprint density at radius 3 is 2.36 bits per heavy atom. The number of piperazine rings is 1. The summed E-state index contributed by atoms with van der Waals surface area (Å²) in [6.07, 6.45) is 2.76. The average Bonchev–Trinajstić information content (AvgIpc) is 3.47. The molecule has 0 N–H and O–H groups in total. The Kier molecular flexibility index (Phi) is 6.00. The van der Waals surface area contributed by atoms with Crippen LogP contribution in [0.15, 0.2) is 54.0 Å². The molecule has 3 heterocycles. The van der Waals surface area contributed by atoms with Crippen LogP contribution in [0.4, 0.5) is 5.69 Å². The number of benzene rings is 2. The number of carbonyl (C=O) groups is 2. The highest BCUT2D eigenvalue weighted by Crippen LogP contribution is 2.37. The summed E-state index contributed by atoms with van der Waals surface area (Å²) in [6, 6.07) is 14.1. The number of anilines is 1. The molecule has 33 heavy (non-hydrogen) atoms. The predicted molar refractivity (Wildman–Crippen MR) is 131 cm³/mol. The van der Waals surface area contributed by atoms with E-state index in [-0.39, 0.29) is 17.9 Å². The molecule has 5 rings (SSSR count). The van der Waals surface area contributed by atoms with Crippen molar-refractivity contribution in [2.24, 2.45) is 0 Å². The lowest BCUT2D eigenvalue weighted by Gasteiger charge is -2.36. The van der Waals surface area contributed by atoms with E-state index in [0.717, 1.165) is 49.8 Å². The second-order valence-electron chi connectivity index (χ2n) is 8.66. The predicted octanol–water partition coefficient (Wildman–Crippen LogP) is 4.38. The lowest BCUT2D eigenvalue weighted by atomic mass is 10.1. The van der Waals surface area contributed by atoms with Crippen LogP contribution in [0, 0.1) is 0 Å². The minimum absolute atomic E-state index is 0.216. The molecule has 170 valence electrons. The molecule has 7 heteroatoms. The lowest BCUT2D eigenvalue weighted by Crippen LogP contribution is -2.46. The molecule has 2 aliphatic rings. The molecule has 2 amide bonds. The van der Waals surface area contributed by atoms with Gasteiger partial charge in [0.1, 0.15) is 5.01 Å². The van der Waals surface area contributed by atoms with Crippen LogP contribution >= 0.6 is 11.3 Å². The van der Waals surface area contributed by atoms with Gasteiger partial charge in [0, 0.05) is 44.3 Å². The Bertz CT molecular complexity index is 1150. The molecule has 2 aliphatic heterocycles. The van der Waals surface area contributed by atoms with E-state index >= 15 is 0 Å². The van der Waals surface area contributed by atoms with Gasteiger partial charge in [-0.15, -0.1) is 11.3 Å². The van der Waals surface area contributed by atoms with Crippen molar-refractivity contribution < 1.29 is 9.59 Å². The summed E-state index contributed by atoms with van der Waals surface area (Å²) in [6.45, 7) is 8.46. The van der Waals surface area contributed by atoms with Crippen LogP contribution in [0.25, 0.3) is 0 Å². The van der Waals surface area contributed by atoms with Crippen molar-refractivity contribution in [2.45, 2.75) is 32.9 Å². The zero-order chi connectivity index (χ0) is 22.9. The molecule has 6 nitrogen and oxygen atoms in total. The van der Waals surface area contributed by atoms with Gasteiger partial charge in [0.15, 0.2) is 0 Å². The van der Waals surface area contributed by atoms with Gasteiger partial charge in [0.05, 0.1) is 22.9 Å². The number of amides is 2. The summed E-state index contributed by atoms with van der Waals surface area (Å²) >= 11 is 1.46. The lowest BCUT2D eigenvalue weighted by molar-refractivity contribution is 0.0595. The molecule has 0 radical (unpaired) electrons. The van der Waals surface area contributed by atoms with Crippen molar-refractivity contribution in [1.82, 2.24) is 14.8 Å². The summed E-state index contributed by atoms with van der Waals surface area (Å²) < 4.78 is 0. The molecule has 0 saturated carbocycles. The molecule has 1 atom stereocenters. The molecule has 2 aromatic carbocycles. The molecule has 1 fully saturated rings. The van der Waals surface area contributed by atoms with Gasteiger partial charge < -0.3 is 4.90 Å². The van der Waals surface area contributed by atoms with Crippen LogP contribution in [-0.4, -0.2) is 52.8 Å². The van der Waals surface area contributed by atoms with E-state index in [1.807, 2.05) is 24.4 Å². The van der Waals surface area contributed by atoms with E-state index in [4.69, 9.17) is 0 Å². The maximum absolute atomic E-state index is 13.4. The van der Waals surface area contributed by atoms with Gasteiger partial charge in [-0.05, 0) is 36.6 Å². The van der Waals surface area contributed by atoms with Gasteiger partial charge in [-0.1, -0.05) is 37.3 Å². The van der Waals surface area contributed by atoms with Gasteiger partial charge in [0.25, 0.3) is 11.8 Å². The molecule has 3 aromatic rings. The number of nitrogens with zero attached hydrogens (tertiary/aromatic N) is 4. The number of carbonyl (C=O) groups excluding carboxylic acids is 2. The molecule has 0 bridgehead atoms. The summed E-state index contributed by atoms with van der Waals surface area (Å²) in [5, 5.41) is 2.64. The van der Waals surface area contributed by atoms with Crippen LogP contribution in [0.5, 0.6) is 0 Å². The number of rotatable bonds is 6. The van der Waals surface area contributed by atoms with Gasteiger partial charge in [-0.2, -0.15) is 0 Å². The smallest absolute Gasteiger partial charge is 0.264 e. The highest BCUT2D eigenvalue weighted by atomic mass is 32.1. The second kappa shape index (κ2) is 9.08. The van der Waals surface area contributed by atoms with Gasteiger partial charge in [0.2, 0.25) is 0 Å². The third-order valence-corrected chi connectivity index (χ3v) is 7.62. The number of fused-ring (bicyclic) bond motifs is 1. The third-order valence-electron chi connectivity index (χ3n) is 6.67. The normalized spacial score (nSPS) is 17.5. The van der Waals surface area contributed by atoms with E-state index in [2.05, 4.69) is 46.0 Å². The molecule has 0 aliphatic carbocycles. The maximum Gasteiger partial charge on any atom is 0.264 e. The fraction of sp³-hybridized carbons (Fsp3) is 0.346. The SMILES string of the molecule is CCc1ccc(CN2CCN(c3cccc4c3C(=O)N(C(C)c3nccs3)C4=O)CC2)cc1. The number of aryl methyl sites for hydroxylation is 1. The second-order valence-corrected chi connectivity index (χ2v) is 9.59. The molecular weight excluding hydrogens is 432 g/mol. The summed E-state index contributed by atoms with van der Waals surface area (Å²) in [5.41, 5.74) is 4.59. The highest BCUT2D eigenvalue weighted by Gasteiger charge is 2.42. The molecule has 1 aromatic heterocycles. The van der Waals surface area contributed by atoms with Crippen LogP contribution in [0.3, 0.4) is 0 Å². The van der Waals surface area contributed by atoms with Crippen molar-refractivity contribution in [3.05, 3.63) is 81.3 Å². The van der Waals surface area contributed by atoms with Gasteiger partial charge in [-0.25, -0.2) is 4.98 Å². The van der Waals surface area contributed by atoms with E-state index in [9.17, 15) is 9.59 Å². The number of hydrogen-bond donors (Lipinski definition) is 0. The Balaban J connectivity index is 1.30. The van der Waals surface area contributed by atoms with E-state index in [1.54, 1.807) is 12.3 Å². The van der Waals surface area contributed by atoms with E-state index in [1.165, 1.54) is 27.4 Å². The number of thiazole rings is 1. The first-order valence-electron chi connectivity index (χ1n) is 11.5. The number of imide groups is 1. The number of aromatic nitrogens is 1. The Hall–Kier alpha value is -3.03.